The van der Waals surface area contributed by atoms with Crippen LogP contribution in [-0.2, 0) is 4.79 Å². The van der Waals surface area contributed by atoms with Crippen LogP contribution < -0.4 is 5.48 Å². The topological polar surface area (TPSA) is 49.3 Å². The fourth-order valence-corrected chi connectivity index (χ4v) is 3.12. The number of rotatable bonds is 19. The molecule has 3 nitrogen and oxygen atoms in total. The predicted octanol–water partition coefficient (Wildman–Crippen LogP) is 7.09. The minimum absolute atomic E-state index is 0.263. The summed E-state index contributed by atoms with van der Waals surface area (Å²) in [5.74, 6) is -0.263. The Labute approximate surface area is 156 Å². The number of amides is 1. The van der Waals surface area contributed by atoms with E-state index < -0.39 is 0 Å². The molecule has 0 aromatic carbocycles. The lowest BCUT2D eigenvalue weighted by molar-refractivity contribution is -0.129. The summed E-state index contributed by atoms with van der Waals surface area (Å²) in [6.07, 6.45) is 27.3. The Morgan fingerprint density at radius 2 is 1.08 bits per heavy atom. The van der Waals surface area contributed by atoms with Crippen molar-refractivity contribution in [3.05, 3.63) is 12.2 Å². The third-order valence-electron chi connectivity index (χ3n) is 4.79. The number of carbonyl (C=O) groups is 1. The highest BCUT2D eigenvalue weighted by Crippen LogP contribution is 2.12. The third-order valence-corrected chi connectivity index (χ3v) is 4.79. The molecule has 0 rings (SSSR count). The number of hydrogen-bond acceptors (Lipinski definition) is 2. The van der Waals surface area contributed by atoms with Gasteiger partial charge in [-0.3, -0.25) is 10.0 Å². The van der Waals surface area contributed by atoms with Crippen LogP contribution in [0.15, 0.2) is 12.2 Å². The van der Waals surface area contributed by atoms with Crippen molar-refractivity contribution in [2.75, 3.05) is 0 Å². The monoisotopic (exact) mass is 353 g/mol. The highest BCUT2D eigenvalue weighted by molar-refractivity contribution is 5.74. The van der Waals surface area contributed by atoms with Gasteiger partial charge < -0.3 is 0 Å². The van der Waals surface area contributed by atoms with Crippen LogP contribution in [0, 0.1) is 0 Å². The van der Waals surface area contributed by atoms with Gasteiger partial charge >= 0.3 is 0 Å². The molecule has 25 heavy (non-hydrogen) atoms. The summed E-state index contributed by atoms with van der Waals surface area (Å²) in [5, 5.41) is 8.38. The molecule has 0 aromatic rings. The molecule has 0 atom stereocenters. The van der Waals surface area contributed by atoms with Gasteiger partial charge in [0, 0.05) is 6.42 Å². The first-order chi connectivity index (χ1) is 12.3. The predicted molar refractivity (Wildman–Crippen MR) is 108 cm³/mol. The molecule has 0 aliphatic carbocycles. The summed E-state index contributed by atoms with van der Waals surface area (Å²) in [6.45, 7) is 2.27. The minimum Gasteiger partial charge on any atom is -0.289 e. The van der Waals surface area contributed by atoms with Gasteiger partial charge in [-0.15, -0.1) is 0 Å². The second kappa shape index (κ2) is 21.2. The molecule has 3 heteroatoms. The third kappa shape index (κ3) is 21.1. The zero-order chi connectivity index (χ0) is 18.4. The van der Waals surface area contributed by atoms with Crippen LogP contribution in [0.3, 0.4) is 0 Å². The largest absolute Gasteiger partial charge is 0.289 e. The standard InChI is InChI=1S/C22H43NO2/c1-2-3-4-5-6-7-8-9-10-11-12-13-14-15-16-17-18-19-20-21-22(24)23-25/h9-10,25H,2-8,11-21H2,1H3,(H,23,24)/b10-9+. The van der Waals surface area contributed by atoms with Gasteiger partial charge in [0.2, 0.25) is 5.91 Å². The van der Waals surface area contributed by atoms with E-state index in [0.29, 0.717) is 6.42 Å². The number of allylic oxidation sites excluding steroid dienone is 2. The number of carbonyl (C=O) groups excluding carboxylic acids is 1. The minimum atomic E-state index is -0.263. The SMILES string of the molecule is CCCCCCCC/C=C/CCCCCCCCCCCC(=O)NO. The molecule has 0 spiro atoms. The van der Waals surface area contributed by atoms with Gasteiger partial charge in [-0.25, -0.2) is 5.48 Å². The fraction of sp³-hybridized carbons (Fsp3) is 0.864. The first-order valence-electron chi connectivity index (χ1n) is 10.9. The molecule has 0 fully saturated rings. The first kappa shape index (κ1) is 24.2. The molecule has 0 saturated heterocycles. The lowest BCUT2D eigenvalue weighted by Crippen LogP contribution is -2.17. The van der Waals surface area contributed by atoms with Gasteiger partial charge in [0.25, 0.3) is 0 Å². The summed E-state index contributed by atoms with van der Waals surface area (Å²) in [5.41, 5.74) is 1.68. The first-order valence-corrected chi connectivity index (χ1v) is 10.9. The van der Waals surface area contributed by atoms with Crippen molar-refractivity contribution in [3.8, 4) is 0 Å². The number of unbranched alkanes of at least 4 members (excludes halogenated alkanes) is 15. The van der Waals surface area contributed by atoms with Crippen molar-refractivity contribution in [2.45, 2.75) is 122 Å². The lowest BCUT2D eigenvalue weighted by Gasteiger charge is -2.02. The van der Waals surface area contributed by atoms with Crippen LogP contribution in [0.1, 0.15) is 122 Å². The molecule has 2 N–H and O–H groups in total. The van der Waals surface area contributed by atoms with E-state index in [2.05, 4.69) is 19.1 Å². The number of hydrogen-bond donors (Lipinski definition) is 2. The average molecular weight is 354 g/mol. The Bertz CT molecular complexity index is 302. The van der Waals surface area contributed by atoms with Gasteiger partial charge in [0.1, 0.15) is 0 Å². The molecule has 0 aromatic heterocycles. The molecular formula is C22H43NO2. The second-order valence-corrected chi connectivity index (χ2v) is 7.28. The Balaban J connectivity index is 3.08. The van der Waals surface area contributed by atoms with E-state index in [4.69, 9.17) is 5.21 Å². The van der Waals surface area contributed by atoms with Gasteiger partial charge in [0.05, 0.1) is 0 Å². The summed E-state index contributed by atoms with van der Waals surface area (Å²) in [4.78, 5) is 10.8. The van der Waals surface area contributed by atoms with Crippen molar-refractivity contribution in [1.82, 2.24) is 5.48 Å². The van der Waals surface area contributed by atoms with E-state index in [1.807, 2.05) is 0 Å². The molecule has 0 unspecified atom stereocenters. The van der Waals surface area contributed by atoms with Crippen LogP contribution in [-0.4, -0.2) is 11.1 Å². The van der Waals surface area contributed by atoms with E-state index in [1.165, 1.54) is 96.3 Å². The van der Waals surface area contributed by atoms with Crippen LogP contribution in [0.25, 0.3) is 0 Å². The zero-order valence-corrected chi connectivity index (χ0v) is 16.7. The lowest BCUT2D eigenvalue weighted by atomic mass is 10.1. The number of nitrogens with one attached hydrogen (secondary N) is 1. The van der Waals surface area contributed by atoms with Crippen LogP contribution >= 0.6 is 0 Å². The van der Waals surface area contributed by atoms with E-state index in [0.717, 1.165) is 12.8 Å². The Morgan fingerprint density at radius 1 is 0.680 bits per heavy atom. The van der Waals surface area contributed by atoms with Crippen LogP contribution in [0.2, 0.25) is 0 Å². The van der Waals surface area contributed by atoms with Crippen molar-refractivity contribution >= 4 is 5.91 Å². The Hall–Kier alpha value is -0.830. The average Bonchev–Trinajstić information content (AvgIpc) is 2.63. The molecule has 1 amide bonds. The maximum Gasteiger partial charge on any atom is 0.243 e. The molecule has 0 bridgehead atoms. The summed E-state index contributed by atoms with van der Waals surface area (Å²) < 4.78 is 0. The highest BCUT2D eigenvalue weighted by Gasteiger charge is 1.98. The van der Waals surface area contributed by atoms with Crippen molar-refractivity contribution in [2.24, 2.45) is 0 Å². The fourth-order valence-electron chi connectivity index (χ4n) is 3.12. The smallest absolute Gasteiger partial charge is 0.243 e. The van der Waals surface area contributed by atoms with Crippen molar-refractivity contribution in [3.63, 3.8) is 0 Å². The van der Waals surface area contributed by atoms with E-state index >= 15 is 0 Å². The highest BCUT2D eigenvalue weighted by atomic mass is 16.5. The maximum atomic E-state index is 10.8. The summed E-state index contributed by atoms with van der Waals surface area (Å²) in [7, 11) is 0. The molecule has 0 radical (unpaired) electrons. The van der Waals surface area contributed by atoms with Gasteiger partial charge in [-0.1, -0.05) is 96.1 Å². The molecular weight excluding hydrogens is 310 g/mol. The van der Waals surface area contributed by atoms with E-state index in [9.17, 15) is 4.79 Å². The summed E-state index contributed by atoms with van der Waals surface area (Å²) in [6, 6.07) is 0. The Kier molecular flexibility index (Phi) is 20.5. The van der Waals surface area contributed by atoms with E-state index in [-0.39, 0.29) is 5.91 Å². The molecule has 0 aliphatic rings. The Morgan fingerprint density at radius 3 is 1.52 bits per heavy atom. The van der Waals surface area contributed by atoms with Crippen LogP contribution in [0.5, 0.6) is 0 Å². The van der Waals surface area contributed by atoms with E-state index in [1.54, 1.807) is 5.48 Å². The molecule has 0 heterocycles. The van der Waals surface area contributed by atoms with Crippen LogP contribution in [0.4, 0.5) is 0 Å². The molecule has 148 valence electrons. The molecule has 0 aliphatic heterocycles. The normalized spacial score (nSPS) is 11.3. The van der Waals surface area contributed by atoms with Crippen molar-refractivity contribution in [1.29, 1.82) is 0 Å². The van der Waals surface area contributed by atoms with Crippen molar-refractivity contribution < 1.29 is 10.0 Å². The maximum absolute atomic E-state index is 10.8. The van der Waals surface area contributed by atoms with Gasteiger partial charge in [-0.05, 0) is 32.1 Å². The molecule has 0 saturated carbocycles. The quantitative estimate of drug-likeness (QED) is 0.113. The zero-order valence-electron chi connectivity index (χ0n) is 16.7. The van der Waals surface area contributed by atoms with Gasteiger partial charge in [-0.2, -0.15) is 0 Å². The summed E-state index contributed by atoms with van der Waals surface area (Å²) >= 11 is 0. The second-order valence-electron chi connectivity index (χ2n) is 7.28. The number of hydroxylamine groups is 1. The van der Waals surface area contributed by atoms with Gasteiger partial charge in [0.15, 0.2) is 0 Å².